The molecule has 0 heterocycles. The fourth-order valence-electron chi connectivity index (χ4n) is 1.97. The average molecular weight is 374 g/mol. The number of benzene rings is 2. The Labute approximate surface area is 224 Å². The molecule has 0 atom stereocenters. The van der Waals surface area contributed by atoms with Crippen molar-refractivity contribution in [2.24, 2.45) is 0 Å². The van der Waals surface area contributed by atoms with Crippen molar-refractivity contribution in [1.82, 2.24) is 0 Å². The van der Waals surface area contributed by atoms with E-state index in [0.717, 1.165) is 0 Å². The van der Waals surface area contributed by atoms with E-state index in [1.54, 1.807) is 0 Å². The van der Waals surface area contributed by atoms with E-state index < -0.39 is 11.9 Å². The van der Waals surface area contributed by atoms with Crippen LogP contribution in [0, 0.1) is 0 Å². The number of aromatic carboxylic acids is 2. The van der Waals surface area contributed by atoms with Crippen molar-refractivity contribution in [2.45, 2.75) is 0 Å². The van der Waals surface area contributed by atoms with E-state index in [4.69, 9.17) is 11.5 Å². The molecule has 112 valence electrons. The van der Waals surface area contributed by atoms with Crippen molar-refractivity contribution in [3.8, 4) is 0 Å². The normalized spacial score (nSPS) is 9.83. The van der Waals surface area contributed by atoms with Crippen LogP contribution in [0.2, 0.25) is 0 Å². The van der Waals surface area contributed by atoms with Crippen molar-refractivity contribution >= 4 is 35.5 Å². The first kappa shape index (κ1) is 24.0. The Morgan fingerprint density at radius 3 is 1.38 bits per heavy atom. The molecule has 0 amide bonds. The van der Waals surface area contributed by atoms with E-state index in [1.165, 1.54) is 48.6 Å². The summed E-state index contributed by atoms with van der Waals surface area (Å²) in [6.45, 7) is 0. The molecule has 8 heteroatoms. The van der Waals surface area contributed by atoms with Crippen LogP contribution in [0.1, 0.15) is 31.8 Å². The second kappa shape index (κ2) is 10.9. The molecule has 0 spiro atoms. The third kappa shape index (κ3) is 6.37. The molecular weight excluding hydrogens is 362 g/mol. The summed E-state index contributed by atoms with van der Waals surface area (Å²) in [7, 11) is 0. The van der Waals surface area contributed by atoms with Crippen molar-refractivity contribution < 1.29 is 123 Å². The summed E-state index contributed by atoms with van der Waals surface area (Å²) < 4.78 is 0. The van der Waals surface area contributed by atoms with Crippen LogP contribution in [0.4, 0.5) is 11.4 Å². The molecule has 0 saturated carbocycles. The number of carboxylic acids is 2. The molecule has 24 heavy (non-hydrogen) atoms. The Kier molecular flexibility index (Phi) is 10.9. The van der Waals surface area contributed by atoms with Gasteiger partial charge in [-0.2, -0.15) is 0 Å². The van der Waals surface area contributed by atoms with Crippen molar-refractivity contribution in [3.63, 3.8) is 0 Å². The van der Waals surface area contributed by atoms with Gasteiger partial charge in [0.15, 0.2) is 0 Å². The summed E-state index contributed by atoms with van der Waals surface area (Å²) in [5.74, 6) is -2.74. The fraction of sp³-hybridized carbons (Fsp3) is 0. The Hall–Kier alpha value is -0.00727. The summed E-state index contributed by atoms with van der Waals surface area (Å²) in [5, 5.41) is 22.2. The minimum absolute atomic E-state index is 0. The topological polar surface area (TPSA) is 132 Å². The number of carbonyl (C=O) groups excluding carboxylic acids is 2. The zero-order valence-electron chi connectivity index (χ0n) is 13.4. The number of nitrogen functional groups attached to an aromatic ring is 2. The van der Waals surface area contributed by atoms with E-state index in [1.807, 2.05) is 0 Å². The minimum atomic E-state index is -1.37. The summed E-state index contributed by atoms with van der Waals surface area (Å²) in [5.41, 5.74) is 12.2. The van der Waals surface area contributed by atoms with Crippen molar-refractivity contribution in [2.75, 3.05) is 11.5 Å². The van der Waals surface area contributed by atoms with Crippen LogP contribution < -0.4 is 124 Å². The van der Waals surface area contributed by atoms with Gasteiger partial charge in [0.1, 0.15) is 0 Å². The number of hydrogen-bond acceptors (Lipinski definition) is 6. The van der Waals surface area contributed by atoms with Crippen LogP contribution in [0.25, 0.3) is 12.2 Å². The smallest absolute Gasteiger partial charge is 0.545 e. The van der Waals surface area contributed by atoms with Gasteiger partial charge in [-0.15, -0.1) is 0 Å². The second-order valence-electron chi connectivity index (χ2n) is 4.60. The SMILES string of the molecule is Nc1ccc(C=Cc2ccc(N)cc2C(=O)[O-])c(C(=O)[O-])c1.[K+].[K+]. The number of carbonyl (C=O) groups is 2. The maximum absolute atomic E-state index is 11.1. The predicted octanol–water partition coefficient (Wildman–Crippen LogP) is -6.24. The van der Waals surface area contributed by atoms with E-state index in [9.17, 15) is 19.8 Å². The van der Waals surface area contributed by atoms with Gasteiger partial charge in [0, 0.05) is 22.5 Å². The van der Waals surface area contributed by atoms with Gasteiger partial charge in [0.25, 0.3) is 0 Å². The number of anilines is 2. The first-order valence-corrected chi connectivity index (χ1v) is 6.28. The van der Waals surface area contributed by atoms with Gasteiger partial charge in [0.05, 0.1) is 11.9 Å². The average Bonchev–Trinajstić information content (AvgIpc) is 2.46. The Morgan fingerprint density at radius 1 is 0.750 bits per heavy atom. The van der Waals surface area contributed by atoms with Gasteiger partial charge in [-0.05, 0) is 35.4 Å². The summed E-state index contributed by atoms with van der Waals surface area (Å²) in [4.78, 5) is 22.2. The fourth-order valence-corrected chi connectivity index (χ4v) is 1.97. The molecule has 0 aliphatic carbocycles. The maximum atomic E-state index is 11.1. The molecule has 0 aliphatic rings. The van der Waals surface area contributed by atoms with Crippen LogP contribution in [-0.2, 0) is 0 Å². The van der Waals surface area contributed by atoms with Crippen LogP contribution in [-0.4, -0.2) is 11.9 Å². The Bertz CT molecular complexity index is 726. The van der Waals surface area contributed by atoms with E-state index in [0.29, 0.717) is 22.5 Å². The Balaban J connectivity index is 0.00000264. The zero-order chi connectivity index (χ0) is 16.3. The summed E-state index contributed by atoms with van der Waals surface area (Å²) >= 11 is 0. The van der Waals surface area contributed by atoms with Gasteiger partial charge in [-0.3, -0.25) is 0 Å². The second-order valence-corrected chi connectivity index (χ2v) is 4.60. The molecule has 0 aliphatic heterocycles. The first-order chi connectivity index (χ1) is 10.4. The van der Waals surface area contributed by atoms with E-state index in [2.05, 4.69) is 0 Å². The molecule has 4 N–H and O–H groups in total. The number of rotatable bonds is 4. The quantitative estimate of drug-likeness (QED) is 0.311. The predicted molar refractivity (Wildman–Crippen MR) is 79.3 cm³/mol. The first-order valence-electron chi connectivity index (χ1n) is 6.28. The molecular formula is C16H12K2N2O4. The molecule has 0 fully saturated rings. The molecule has 2 aromatic carbocycles. The number of hydrogen-bond donors (Lipinski definition) is 2. The van der Waals surface area contributed by atoms with Crippen molar-refractivity contribution in [3.05, 3.63) is 58.7 Å². The monoisotopic (exact) mass is 374 g/mol. The molecule has 0 bridgehead atoms. The Morgan fingerprint density at radius 2 is 1.08 bits per heavy atom. The molecule has 0 unspecified atom stereocenters. The number of carboxylic acid groups (broad SMARTS) is 2. The molecule has 0 radical (unpaired) electrons. The van der Waals surface area contributed by atoms with E-state index in [-0.39, 0.29) is 114 Å². The van der Waals surface area contributed by atoms with Crippen LogP contribution >= 0.6 is 0 Å². The van der Waals surface area contributed by atoms with Crippen LogP contribution in [0.5, 0.6) is 0 Å². The zero-order valence-corrected chi connectivity index (χ0v) is 19.7. The molecule has 2 rings (SSSR count). The maximum Gasteiger partial charge on any atom is 1.00 e. The largest absolute Gasteiger partial charge is 1.00 e. The third-order valence-corrected chi connectivity index (χ3v) is 3.04. The van der Waals surface area contributed by atoms with Gasteiger partial charge >= 0.3 is 103 Å². The van der Waals surface area contributed by atoms with Crippen LogP contribution in [0.15, 0.2) is 36.4 Å². The minimum Gasteiger partial charge on any atom is -0.545 e. The van der Waals surface area contributed by atoms with Gasteiger partial charge in [-0.1, -0.05) is 24.3 Å². The molecule has 0 saturated heterocycles. The molecule has 0 aromatic heterocycles. The number of nitrogens with two attached hydrogens (primary N) is 2. The summed E-state index contributed by atoms with van der Waals surface area (Å²) in [6.07, 6.45) is 2.92. The summed E-state index contributed by atoms with van der Waals surface area (Å²) in [6, 6.07) is 8.64. The van der Waals surface area contributed by atoms with Gasteiger partial charge in [-0.25, -0.2) is 0 Å². The van der Waals surface area contributed by atoms with Gasteiger partial charge < -0.3 is 31.3 Å². The van der Waals surface area contributed by atoms with Crippen LogP contribution in [0.3, 0.4) is 0 Å². The third-order valence-electron chi connectivity index (χ3n) is 3.04. The molecule has 6 nitrogen and oxygen atoms in total. The standard InChI is InChI=1S/C16H14N2O4.2K/c17-11-5-3-9(13(7-11)15(19)20)1-2-10-4-6-12(18)8-14(10)16(21)22;;/h1-8H,17-18H2,(H,19,20)(H,21,22);;/q;2*+1/p-2. The van der Waals surface area contributed by atoms with Gasteiger partial charge in [0.2, 0.25) is 0 Å². The van der Waals surface area contributed by atoms with Crippen molar-refractivity contribution in [1.29, 1.82) is 0 Å². The molecule has 2 aromatic rings. The van der Waals surface area contributed by atoms with E-state index >= 15 is 0 Å².